The van der Waals surface area contributed by atoms with E-state index >= 15 is 0 Å². The third kappa shape index (κ3) is 1.48. The van der Waals surface area contributed by atoms with Gasteiger partial charge in [-0.15, -0.1) is 0 Å². The maximum atomic E-state index is 13.5. The van der Waals surface area contributed by atoms with Crippen LogP contribution in [-0.2, 0) is 5.41 Å². The molecule has 0 atom stereocenters. The lowest BCUT2D eigenvalue weighted by Crippen LogP contribution is -2.38. The van der Waals surface area contributed by atoms with Crippen LogP contribution >= 0.6 is 0 Å². The first kappa shape index (κ1) is 11.0. The molecule has 2 fully saturated rings. The summed E-state index contributed by atoms with van der Waals surface area (Å²) in [5.41, 5.74) is 8.61. The van der Waals surface area contributed by atoms with Crippen LogP contribution in [0, 0.1) is 5.82 Å². The lowest BCUT2D eigenvalue weighted by Gasteiger charge is -2.28. The molecule has 2 nitrogen and oxygen atoms in total. The molecule has 17 heavy (non-hydrogen) atoms. The van der Waals surface area contributed by atoms with Crippen LogP contribution in [0.1, 0.15) is 31.2 Å². The van der Waals surface area contributed by atoms with E-state index in [0.29, 0.717) is 0 Å². The van der Waals surface area contributed by atoms with E-state index in [1.165, 1.54) is 6.07 Å². The summed E-state index contributed by atoms with van der Waals surface area (Å²) in [6.07, 6.45) is 4.37. The van der Waals surface area contributed by atoms with Crippen molar-refractivity contribution >= 4 is 5.69 Å². The topological polar surface area (TPSA) is 29.3 Å². The Bertz CT molecular complexity index is 459. The molecule has 1 aromatic rings. The normalized spacial score (nSPS) is 23.3. The Labute approximate surface area is 102 Å². The van der Waals surface area contributed by atoms with Crippen LogP contribution < -0.4 is 10.6 Å². The molecule has 2 N–H and O–H groups in total. The van der Waals surface area contributed by atoms with Gasteiger partial charge >= 0.3 is 0 Å². The van der Waals surface area contributed by atoms with Gasteiger partial charge < -0.3 is 10.6 Å². The van der Waals surface area contributed by atoms with Gasteiger partial charge in [0.05, 0.1) is 0 Å². The summed E-state index contributed by atoms with van der Waals surface area (Å²) in [4.78, 5) is 2.06. The fourth-order valence-corrected chi connectivity index (χ4v) is 3.06. The van der Waals surface area contributed by atoms with Crippen molar-refractivity contribution in [2.75, 3.05) is 19.0 Å². The van der Waals surface area contributed by atoms with Crippen LogP contribution in [0.3, 0.4) is 0 Å². The Morgan fingerprint density at radius 1 is 1.18 bits per heavy atom. The number of rotatable bonds is 3. The maximum absolute atomic E-state index is 13.5. The highest BCUT2D eigenvalue weighted by molar-refractivity contribution is 5.60. The number of hydrogen-bond acceptors (Lipinski definition) is 2. The average molecular weight is 234 g/mol. The number of benzene rings is 1. The molecule has 0 aromatic heterocycles. The molecule has 3 heteroatoms. The number of hydrogen-bond donors (Lipinski definition) is 1. The Hall–Kier alpha value is -1.09. The second kappa shape index (κ2) is 3.22. The predicted molar refractivity (Wildman–Crippen MR) is 67.8 cm³/mol. The smallest absolute Gasteiger partial charge is 0.123 e. The molecule has 2 saturated carbocycles. The van der Waals surface area contributed by atoms with Gasteiger partial charge in [0.25, 0.3) is 0 Å². The summed E-state index contributed by atoms with van der Waals surface area (Å²) < 4.78 is 13.5. The summed E-state index contributed by atoms with van der Waals surface area (Å²) in [7, 11) is 4.01. The minimum Gasteiger partial charge on any atom is -0.377 e. The van der Waals surface area contributed by atoms with Crippen molar-refractivity contribution in [3.63, 3.8) is 0 Å². The van der Waals surface area contributed by atoms with Gasteiger partial charge in [-0.3, -0.25) is 0 Å². The standard InChI is InChI=1S/C14H19FN2/c1-17(2)12-4-3-10(15)9-11(12)13(5-6-13)14(16)7-8-14/h3-4,9H,5-8,16H2,1-2H3. The minimum absolute atomic E-state index is 0.0503. The van der Waals surface area contributed by atoms with Gasteiger partial charge in [0.2, 0.25) is 0 Å². The van der Waals surface area contributed by atoms with Crippen LogP contribution in [0.15, 0.2) is 18.2 Å². The van der Waals surface area contributed by atoms with Gasteiger partial charge in [-0.25, -0.2) is 4.39 Å². The predicted octanol–water partition coefficient (Wildman–Crippen LogP) is 2.41. The molecule has 2 aliphatic rings. The molecule has 0 saturated heterocycles. The maximum Gasteiger partial charge on any atom is 0.123 e. The lowest BCUT2D eigenvalue weighted by molar-refractivity contribution is 0.499. The summed E-state index contributed by atoms with van der Waals surface area (Å²) in [5, 5.41) is 0. The van der Waals surface area contributed by atoms with Crippen molar-refractivity contribution in [1.82, 2.24) is 0 Å². The van der Waals surface area contributed by atoms with E-state index in [-0.39, 0.29) is 16.8 Å². The summed E-state index contributed by atoms with van der Waals surface area (Å²) >= 11 is 0. The quantitative estimate of drug-likeness (QED) is 0.870. The molecule has 3 rings (SSSR count). The molecule has 0 unspecified atom stereocenters. The van der Waals surface area contributed by atoms with Crippen LogP contribution in [-0.4, -0.2) is 19.6 Å². The van der Waals surface area contributed by atoms with Crippen LogP contribution in [0.4, 0.5) is 10.1 Å². The first-order valence-corrected chi connectivity index (χ1v) is 6.25. The zero-order valence-corrected chi connectivity index (χ0v) is 10.5. The van der Waals surface area contributed by atoms with Crippen molar-refractivity contribution in [3.05, 3.63) is 29.6 Å². The monoisotopic (exact) mass is 234 g/mol. The van der Waals surface area contributed by atoms with E-state index in [9.17, 15) is 4.39 Å². The van der Waals surface area contributed by atoms with E-state index in [4.69, 9.17) is 5.73 Å². The number of nitrogens with two attached hydrogens (primary N) is 1. The highest BCUT2D eigenvalue weighted by Crippen LogP contribution is 2.65. The van der Waals surface area contributed by atoms with Gasteiger partial charge in [0, 0.05) is 30.7 Å². The van der Waals surface area contributed by atoms with Gasteiger partial charge in [0.15, 0.2) is 0 Å². The molecular weight excluding hydrogens is 215 g/mol. The molecular formula is C14H19FN2. The fraction of sp³-hybridized carbons (Fsp3) is 0.571. The highest BCUT2D eigenvalue weighted by Gasteiger charge is 2.64. The molecule has 0 spiro atoms. The number of halogens is 1. The first-order valence-electron chi connectivity index (χ1n) is 6.25. The van der Waals surface area contributed by atoms with Crippen LogP contribution in [0.2, 0.25) is 0 Å². The van der Waals surface area contributed by atoms with Crippen molar-refractivity contribution in [2.45, 2.75) is 36.6 Å². The molecule has 2 aliphatic carbocycles. The third-order valence-electron chi connectivity index (χ3n) is 4.45. The highest BCUT2D eigenvalue weighted by atomic mass is 19.1. The molecule has 0 amide bonds. The van der Waals surface area contributed by atoms with Gasteiger partial charge in [-0.1, -0.05) is 0 Å². The molecule has 0 aliphatic heterocycles. The average Bonchev–Trinajstić information content (AvgIpc) is 3.12. The van der Waals surface area contributed by atoms with Crippen molar-refractivity contribution in [1.29, 1.82) is 0 Å². The number of nitrogens with zero attached hydrogens (tertiary/aromatic N) is 1. The zero-order valence-electron chi connectivity index (χ0n) is 10.5. The second-order valence-corrected chi connectivity index (χ2v) is 5.79. The summed E-state index contributed by atoms with van der Waals surface area (Å²) in [5.74, 6) is -0.152. The van der Waals surface area contributed by atoms with E-state index in [1.54, 1.807) is 6.07 Å². The molecule has 0 radical (unpaired) electrons. The summed E-state index contributed by atoms with van der Waals surface area (Å²) in [6, 6.07) is 5.09. The van der Waals surface area contributed by atoms with Crippen molar-refractivity contribution in [3.8, 4) is 0 Å². The van der Waals surface area contributed by atoms with Crippen LogP contribution in [0.25, 0.3) is 0 Å². The lowest BCUT2D eigenvalue weighted by atomic mass is 9.85. The third-order valence-corrected chi connectivity index (χ3v) is 4.45. The van der Waals surface area contributed by atoms with Crippen molar-refractivity contribution < 1.29 is 4.39 Å². The van der Waals surface area contributed by atoms with E-state index in [1.807, 2.05) is 20.2 Å². The second-order valence-electron chi connectivity index (χ2n) is 5.79. The van der Waals surface area contributed by atoms with E-state index < -0.39 is 0 Å². The Kier molecular flexibility index (Phi) is 2.09. The van der Waals surface area contributed by atoms with Gasteiger partial charge in [0.1, 0.15) is 5.82 Å². The largest absolute Gasteiger partial charge is 0.377 e. The fourth-order valence-electron chi connectivity index (χ4n) is 3.06. The molecule has 0 bridgehead atoms. The van der Waals surface area contributed by atoms with Crippen molar-refractivity contribution in [2.24, 2.45) is 5.73 Å². The van der Waals surface area contributed by atoms with E-state index in [2.05, 4.69) is 4.90 Å². The first-order chi connectivity index (χ1) is 7.98. The Morgan fingerprint density at radius 3 is 2.29 bits per heavy atom. The molecule has 92 valence electrons. The zero-order chi connectivity index (χ0) is 12.3. The van der Waals surface area contributed by atoms with Gasteiger partial charge in [-0.05, 0) is 49.4 Å². The minimum atomic E-state index is -0.152. The Morgan fingerprint density at radius 2 is 1.82 bits per heavy atom. The molecule has 0 heterocycles. The number of anilines is 1. The van der Waals surface area contributed by atoms with Gasteiger partial charge in [-0.2, -0.15) is 0 Å². The van der Waals surface area contributed by atoms with Crippen LogP contribution in [0.5, 0.6) is 0 Å². The van der Waals surface area contributed by atoms with E-state index in [0.717, 1.165) is 36.9 Å². The Balaban J connectivity index is 2.10. The SMILES string of the molecule is CN(C)c1ccc(F)cc1C1(C2(N)CC2)CC1. The molecule has 1 aromatic carbocycles. The summed E-state index contributed by atoms with van der Waals surface area (Å²) in [6.45, 7) is 0.